The van der Waals surface area contributed by atoms with Gasteiger partial charge in [-0.05, 0) is 6.92 Å². The normalized spacial score (nSPS) is 10.6. The highest BCUT2D eigenvalue weighted by Gasteiger charge is 2.16. The Morgan fingerprint density at radius 2 is 2.33 bits per heavy atom. The summed E-state index contributed by atoms with van der Waals surface area (Å²) in [4.78, 5) is 23.7. The number of methoxy groups -OCH3 is 1. The van der Waals surface area contributed by atoms with Crippen molar-refractivity contribution in [3.05, 3.63) is 6.33 Å². The van der Waals surface area contributed by atoms with E-state index in [0.717, 1.165) is 0 Å². The van der Waals surface area contributed by atoms with Gasteiger partial charge in [0.15, 0.2) is 11.2 Å². The molecule has 0 bridgehead atoms. The summed E-state index contributed by atoms with van der Waals surface area (Å²) < 4.78 is 6.58. The molecule has 0 aromatic carbocycles. The van der Waals surface area contributed by atoms with Crippen LogP contribution in [0.5, 0.6) is 5.88 Å². The van der Waals surface area contributed by atoms with E-state index in [2.05, 4.69) is 20.3 Å². The van der Waals surface area contributed by atoms with E-state index in [1.807, 2.05) is 6.92 Å². The van der Waals surface area contributed by atoms with Crippen LogP contribution < -0.4 is 15.8 Å². The molecule has 0 aliphatic rings. The van der Waals surface area contributed by atoms with Crippen LogP contribution in [-0.4, -0.2) is 39.1 Å². The molecule has 0 aliphatic heterocycles. The number of nitrogen functional groups attached to an aromatic ring is 1. The third kappa shape index (κ3) is 2.04. The monoisotopic (exact) mass is 250 g/mol. The Bertz CT molecular complexity index is 579. The summed E-state index contributed by atoms with van der Waals surface area (Å²) in [6.45, 7) is 2.47. The van der Waals surface area contributed by atoms with Crippen molar-refractivity contribution in [1.82, 2.24) is 24.8 Å². The molecule has 0 atom stereocenters. The number of anilines is 1. The van der Waals surface area contributed by atoms with Gasteiger partial charge in [0.2, 0.25) is 17.7 Å². The summed E-state index contributed by atoms with van der Waals surface area (Å²) >= 11 is 0. The molecule has 1 amide bonds. The number of amides is 1. The number of hydrogen-bond donors (Lipinski definition) is 2. The van der Waals surface area contributed by atoms with Crippen LogP contribution in [-0.2, 0) is 11.3 Å². The fourth-order valence-electron chi connectivity index (χ4n) is 1.63. The second-order valence-electron chi connectivity index (χ2n) is 3.56. The molecule has 0 spiro atoms. The molecule has 0 fully saturated rings. The minimum atomic E-state index is -0.152. The Morgan fingerprint density at radius 1 is 1.56 bits per heavy atom. The van der Waals surface area contributed by atoms with Gasteiger partial charge in [0.1, 0.15) is 12.9 Å². The maximum Gasteiger partial charge on any atom is 0.245 e. The van der Waals surface area contributed by atoms with Gasteiger partial charge in [-0.2, -0.15) is 4.98 Å². The van der Waals surface area contributed by atoms with Crippen molar-refractivity contribution in [2.75, 3.05) is 19.4 Å². The molecule has 0 unspecified atom stereocenters. The first kappa shape index (κ1) is 12.1. The standard InChI is InChI=1S/C10H14N6O2/c1-3-12-6(17)4-16-8-7(15-10(16)11)9(18-2)14-5-13-8/h5H,3-4H2,1-2H3,(H2,11,15)(H,12,17). The lowest BCUT2D eigenvalue weighted by molar-refractivity contribution is -0.121. The summed E-state index contributed by atoms with van der Waals surface area (Å²) in [5.41, 5.74) is 6.69. The van der Waals surface area contributed by atoms with E-state index in [-0.39, 0.29) is 18.4 Å². The lowest BCUT2D eigenvalue weighted by atomic mass is 10.5. The van der Waals surface area contributed by atoms with Crippen molar-refractivity contribution in [1.29, 1.82) is 0 Å². The maximum absolute atomic E-state index is 11.6. The van der Waals surface area contributed by atoms with Crippen LogP contribution in [0.1, 0.15) is 6.92 Å². The quantitative estimate of drug-likeness (QED) is 0.761. The van der Waals surface area contributed by atoms with Crippen molar-refractivity contribution in [3.63, 3.8) is 0 Å². The zero-order chi connectivity index (χ0) is 13.1. The third-order valence-corrected chi connectivity index (χ3v) is 2.40. The summed E-state index contributed by atoms with van der Waals surface area (Å²) in [5, 5.41) is 2.69. The van der Waals surface area contributed by atoms with Crippen LogP contribution in [0.15, 0.2) is 6.33 Å². The molecule has 0 radical (unpaired) electrons. The lowest BCUT2D eigenvalue weighted by Gasteiger charge is -2.05. The van der Waals surface area contributed by atoms with Gasteiger partial charge in [-0.1, -0.05) is 0 Å². The lowest BCUT2D eigenvalue weighted by Crippen LogP contribution is -2.27. The maximum atomic E-state index is 11.6. The van der Waals surface area contributed by atoms with Gasteiger partial charge >= 0.3 is 0 Å². The van der Waals surface area contributed by atoms with E-state index in [4.69, 9.17) is 10.5 Å². The summed E-state index contributed by atoms with van der Waals surface area (Å²) in [6.07, 6.45) is 1.34. The molecular weight excluding hydrogens is 236 g/mol. The number of hydrogen-bond acceptors (Lipinski definition) is 6. The predicted molar refractivity (Wildman–Crippen MR) is 65.0 cm³/mol. The van der Waals surface area contributed by atoms with Gasteiger partial charge < -0.3 is 15.8 Å². The number of imidazole rings is 1. The molecule has 18 heavy (non-hydrogen) atoms. The number of nitrogens with two attached hydrogens (primary N) is 1. The van der Waals surface area contributed by atoms with Gasteiger partial charge in [-0.15, -0.1) is 0 Å². The number of nitrogens with one attached hydrogen (secondary N) is 1. The van der Waals surface area contributed by atoms with Crippen LogP contribution in [0.2, 0.25) is 0 Å². The number of carbonyl (C=O) groups is 1. The zero-order valence-electron chi connectivity index (χ0n) is 10.2. The number of fused-ring (bicyclic) bond motifs is 1. The first-order chi connectivity index (χ1) is 8.67. The van der Waals surface area contributed by atoms with Crippen LogP contribution in [0.4, 0.5) is 5.95 Å². The highest BCUT2D eigenvalue weighted by atomic mass is 16.5. The molecule has 2 heterocycles. The summed E-state index contributed by atoms with van der Waals surface area (Å²) in [6, 6.07) is 0. The fourth-order valence-corrected chi connectivity index (χ4v) is 1.63. The van der Waals surface area contributed by atoms with E-state index >= 15 is 0 Å². The highest BCUT2D eigenvalue weighted by Crippen LogP contribution is 2.22. The molecule has 8 heteroatoms. The average Bonchev–Trinajstić information content (AvgIpc) is 2.66. The van der Waals surface area contributed by atoms with Crippen molar-refractivity contribution in [2.24, 2.45) is 0 Å². The Balaban J connectivity index is 2.44. The van der Waals surface area contributed by atoms with Crippen molar-refractivity contribution >= 4 is 23.0 Å². The van der Waals surface area contributed by atoms with Gasteiger partial charge in [0, 0.05) is 6.54 Å². The molecule has 3 N–H and O–H groups in total. The Morgan fingerprint density at radius 3 is 3.00 bits per heavy atom. The number of carbonyl (C=O) groups excluding carboxylic acids is 1. The largest absolute Gasteiger partial charge is 0.479 e. The van der Waals surface area contributed by atoms with E-state index in [0.29, 0.717) is 23.6 Å². The Labute approximate surface area is 103 Å². The zero-order valence-corrected chi connectivity index (χ0v) is 10.2. The Hall–Kier alpha value is -2.38. The van der Waals surface area contributed by atoms with E-state index in [9.17, 15) is 4.79 Å². The van der Waals surface area contributed by atoms with Gasteiger partial charge in [0.05, 0.1) is 7.11 Å². The molecule has 2 aromatic rings. The van der Waals surface area contributed by atoms with Crippen molar-refractivity contribution in [3.8, 4) is 5.88 Å². The molecular formula is C10H14N6O2. The number of rotatable bonds is 4. The highest BCUT2D eigenvalue weighted by molar-refractivity contribution is 5.82. The number of aromatic nitrogens is 4. The second-order valence-corrected chi connectivity index (χ2v) is 3.56. The third-order valence-electron chi connectivity index (χ3n) is 2.40. The smallest absolute Gasteiger partial charge is 0.245 e. The van der Waals surface area contributed by atoms with Crippen molar-refractivity contribution in [2.45, 2.75) is 13.5 Å². The first-order valence-electron chi connectivity index (χ1n) is 5.44. The van der Waals surface area contributed by atoms with Crippen LogP contribution >= 0.6 is 0 Å². The molecule has 2 rings (SSSR count). The van der Waals surface area contributed by atoms with Crippen molar-refractivity contribution < 1.29 is 9.53 Å². The minimum absolute atomic E-state index is 0.0658. The number of ether oxygens (including phenoxy) is 1. The molecule has 96 valence electrons. The fraction of sp³-hybridized carbons (Fsp3) is 0.400. The molecule has 8 nitrogen and oxygen atoms in total. The topological polar surface area (TPSA) is 108 Å². The number of nitrogens with zero attached hydrogens (tertiary/aromatic N) is 4. The van der Waals surface area contributed by atoms with Gasteiger partial charge in [0.25, 0.3) is 0 Å². The molecule has 2 aromatic heterocycles. The second kappa shape index (κ2) is 4.86. The predicted octanol–water partition coefficient (Wildman–Crippen LogP) is -0.447. The summed E-state index contributed by atoms with van der Waals surface area (Å²) in [7, 11) is 1.49. The number of likely N-dealkylation sites (N-methyl/N-ethyl adjacent to an activating group) is 1. The van der Waals surface area contributed by atoms with E-state index in [1.165, 1.54) is 18.0 Å². The summed E-state index contributed by atoms with van der Waals surface area (Å²) in [5.74, 6) is 0.387. The minimum Gasteiger partial charge on any atom is -0.479 e. The van der Waals surface area contributed by atoms with Crippen LogP contribution in [0, 0.1) is 0 Å². The Kier molecular flexibility index (Phi) is 3.26. The molecule has 0 aliphatic carbocycles. The molecule has 0 saturated heterocycles. The average molecular weight is 250 g/mol. The van der Waals surface area contributed by atoms with Crippen LogP contribution in [0.3, 0.4) is 0 Å². The van der Waals surface area contributed by atoms with Gasteiger partial charge in [-0.3, -0.25) is 9.36 Å². The van der Waals surface area contributed by atoms with Crippen LogP contribution in [0.25, 0.3) is 11.2 Å². The first-order valence-corrected chi connectivity index (χ1v) is 5.44. The van der Waals surface area contributed by atoms with E-state index < -0.39 is 0 Å². The molecule has 0 saturated carbocycles. The SMILES string of the molecule is CCNC(=O)Cn1c(N)nc2c(OC)ncnc21. The van der Waals surface area contributed by atoms with Gasteiger partial charge in [-0.25, -0.2) is 9.97 Å². The van der Waals surface area contributed by atoms with E-state index in [1.54, 1.807) is 0 Å².